The maximum atomic E-state index is 13.5. The van der Waals surface area contributed by atoms with Crippen molar-refractivity contribution in [2.45, 2.75) is 89.7 Å². The van der Waals surface area contributed by atoms with E-state index in [4.69, 9.17) is 4.74 Å². The molecule has 148 valence electrons. The number of nitrogens with zero attached hydrogens (tertiary/aromatic N) is 1. The van der Waals surface area contributed by atoms with Crippen LogP contribution in [0.15, 0.2) is 24.3 Å². The Kier molecular flexibility index (Phi) is 5.06. The van der Waals surface area contributed by atoms with Crippen LogP contribution in [0.4, 0.5) is 0 Å². The number of ether oxygens (including phenoxy) is 1. The Morgan fingerprint density at radius 1 is 1.26 bits per heavy atom. The molecule has 1 N–H and O–H groups in total. The van der Waals surface area contributed by atoms with E-state index in [0.717, 1.165) is 19.3 Å². The summed E-state index contributed by atoms with van der Waals surface area (Å²) in [6.07, 6.45) is 6.97. The van der Waals surface area contributed by atoms with Gasteiger partial charge in [-0.15, -0.1) is 0 Å². The Bertz CT molecular complexity index is 695. The summed E-state index contributed by atoms with van der Waals surface area (Å²) in [7, 11) is 0. The molecule has 1 amide bonds. The molecule has 4 heteroatoms. The highest BCUT2D eigenvalue weighted by Gasteiger charge is 2.54. The average Bonchev–Trinajstić information content (AvgIpc) is 3.12. The Morgan fingerprint density at radius 2 is 1.96 bits per heavy atom. The van der Waals surface area contributed by atoms with Crippen molar-refractivity contribution in [2.75, 3.05) is 0 Å². The minimum Gasteiger partial charge on any atom is -0.393 e. The Morgan fingerprint density at radius 3 is 2.70 bits per heavy atom. The van der Waals surface area contributed by atoms with Gasteiger partial charge in [-0.1, -0.05) is 50.5 Å². The highest BCUT2D eigenvalue weighted by molar-refractivity contribution is 5.80. The molecule has 1 heterocycles. The zero-order valence-corrected chi connectivity index (χ0v) is 16.9. The first-order valence-corrected chi connectivity index (χ1v) is 10.7. The second-order valence-corrected chi connectivity index (χ2v) is 9.26. The number of aliphatic hydroxyl groups excluding tert-OH is 1. The number of rotatable bonds is 4. The van der Waals surface area contributed by atoms with Crippen LogP contribution in [-0.2, 0) is 16.0 Å². The molecule has 0 radical (unpaired) electrons. The number of hydrogen-bond donors (Lipinski definition) is 1. The fourth-order valence-corrected chi connectivity index (χ4v) is 5.53. The highest BCUT2D eigenvalue weighted by atomic mass is 16.5. The van der Waals surface area contributed by atoms with Gasteiger partial charge in [0.25, 0.3) is 0 Å². The van der Waals surface area contributed by atoms with Crippen molar-refractivity contribution in [3.63, 3.8) is 0 Å². The second kappa shape index (κ2) is 7.21. The van der Waals surface area contributed by atoms with Gasteiger partial charge < -0.3 is 14.7 Å². The first-order chi connectivity index (χ1) is 12.9. The predicted molar refractivity (Wildman–Crippen MR) is 105 cm³/mol. The van der Waals surface area contributed by atoms with E-state index in [1.54, 1.807) is 0 Å². The van der Waals surface area contributed by atoms with E-state index in [1.807, 2.05) is 31.7 Å². The van der Waals surface area contributed by atoms with Crippen molar-refractivity contribution in [1.82, 2.24) is 4.90 Å². The molecule has 0 unspecified atom stereocenters. The van der Waals surface area contributed by atoms with Gasteiger partial charge in [0.1, 0.15) is 5.72 Å². The van der Waals surface area contributed by atoms with Gasteiger partial charge in [-0.05, 0) is 50.2 Å². The lowest BCUT2D eigenvalue weighted by atomic mass is 9.82. The van der Waals surface area contributed by atoms with Gasteiger partial charge in [0, 0.05) is 12.3 Å². The Labute approximate surface area is 162 Å². The van der Waals surface area contributed by atoms with Crippen LogP contribution in [0.5, 0.6) is 0 Å². The second-order valence-electron chi connectivity index (χ2n) is 9.26. The normalized spacial score (nSPS) is 29.3. The predicted octanol–water partition coefficient (Wildman–Crippen LogP) is 4.21. The zero-order valence-electron chi connectivity index (χ0n) is 16.9. The SMILES string of the molecule is C[C@H](C[C@@H](O)C1CCCCC1)C(=O)N1[C@H]2c3ccccc3C[C@H]2OC1(C)C. The van der Waals surface area contributed by atoms with Crippen molar-refractivity contribution >= 4 is 5.91 Å². The standard InChI is InChI=1S/C23H33NO3/c1-15(13-19(25)16-9-5-4-6-10-16)22(26)24-21-18-12-8-7-11-17(18)14-20(21)27-23(24,2)3/h7-8,11-12,15-16,19-21,25H,4-6,9-10,13-14H2,1-3H3/t15-,19-,20-,21+/m1/s1. The van der Waals surface area contributed by atoms with Crippen LogP contribution >= 0.6 is 0 Å². The van der Waals surface area contributed by atoms with Gasteiger partial charge in [-0.2, -0.15) is 0 Å². The third-order valence-corrected chi connectivity index (χ3v) is 6.89. The third kappa shape index (κ3) is 3.42. The maximum absolute atomic E-state index is 13.5. The van der Waals surface area contributed by atoms with E-state index in [1.165, 1.54) is 30.4 Å². The summed E-state index contributed by atoms with van der Waals surface area (Å²) in [6, 6.07) is 8.37. The Balaban J connectivity index is 1.51. The van der Waals surface area contributed by atoms with Gasteiger partial charge in [-0.25, -0.2) is 0 Å². The molecule has 27 heavy (non-hydrogen) atoms. The van der Waals surface area contributed by atoms with Crippen molar-refractivity contribution in [3.05, 3.63) is 35.4 Å². The molecule has 1 aromatic rings. The maximum Gasteiger partial charge on any atom is 0.228 e. The molecular formula is C23H33NO3. The molecule has 0 aromatic heterocycles. The number of carbonyl (C=O) groups excluding carboxylic acids is 1. The number of benzene rings is 1. The van der Waals surface area contributed by atoms with Crippen LogP contribution in [0.1, 0.15) is 76.5 Å². The minimum atomic E-state index is -0.607. The van der Waals surface area contributed by atoms with Crippen molar-refractivity contribution < 1.29 is 14.6 Å². The van der Waals surface area contributed by atoms with Crippen LogP contribution in [-0.4, -0.2) is 33.8 Å². The summed E-state index contributed by atoms with van der Waals surface area (Å²) in [5.74, 6) is 0.271. The quantitative estimate of drug-likeness (QED) is 0.862. The smallest absolute Gasteiger partial charge is 0.228 e. The van der Waals surface area contributed by atoms with Gasteiger partial charge in [0.2, 0.25) is 5.91 Å². The first-order valence-electron chi connectivity index (χ1n) is 10.7. The van der Waals surface area contributed by atoms with Crippen LogP contribution in [0.2, 0.25) is 0 Å². The fraction of sp³-hybridized carbons (Fsp3) is 0.696. The molecule has 1 saturated heterocycles. The van der Waals surface area contributed by atoms with E-state index >= 15 is 0 Å². The topological polar surface area (TPSA) is 49.8 Å². The number of hydrogen-bond acceptors (Lipinski definition) is 3. The van der Waals surface area contributed by atoms with Crippen molar-refractivity contribution in [3.8, 4) is 0 Å². The lowest BCUT2D eigenvalue weighted by Crippen LogP contribution is -2.47. The summed E-state index contributed by atoms with van der Waals surface area (Å²) in [5, 5.41) is 10.7. The van der Waals surface area contributed by atoms with Crippen LogP contribution < -0.4 is 0 Å². The molecular weight excluding hydrogens is 338 g/mol. The molecule has 2 fully saturated rings. The number of aliphatic hydroxyl groups is 1. The van der Waals surface area contributed by atoms with Crippen LogP contribution in [0, 0.1) is 11.8 Å². The number of amides is 1. The monoisotopic (exact) mass is 371 g/mol. The molecule has 1 saturated carbocycles. The fourth-order valence-electron chi connectivity index (χ4n) is 5.53. The summed E-state index contributed by atoms with van der Waals surface area (Å²) >= 11 is 0. The summed E-state index contributed by atoms with van der Waals surface area (Å²) < 4.78 is 6.30. The number of carbonyl (C=O) groups is 1. The van der Waals surface area contributed by atoms with E-state index in [-0.39, 0.29) is 30.1 Å². The molecule has 1 aromatic carbocycles. The molecule has 3 aliphatic rings. The summed E-state index contributed by atoms with van der Waals surface area (Å²) in [5.41, 5.74) is 1.90. The van der Waals surface area contributed by atoms with Crippen molar-refractivity contribution in [2.24, 2.45) is 11.8 Å². The Hall–Kier alpha value is -1.39. The van der Waals surface area contributed by atoms with Gasteiger partial charge in [-0.3, -0.25) is 4.79 Å². The average molecular weight is 372 g/mol. The van der Waals surface area contributed by atoms with Crippen LogP contribution in [0.25, 0.3) is 0 Å². The lowest BCUT2D eigenvalue weighted by molar-refractivity contribution is -0.153. The van der Waals surface area contributed by atoms with E-state index in [9.17, 15) is 9.90 Å². The zero-order chi connectivity index (χ0) is 19.2. The highest BCUT2D eigenvalue weighted by Crippen LogP contribution is 2.48. The lowest BCUT2D eigenvalue weighted by Gasteiger charge is -2.37. The first kappa shape index (κ1) is 18.9. The minimum absolute atomic E-state index is 0.00188. The molecule has 0 spiro atoms. The molecule has 4 nitrogen and oxygen atoms in total. The van der Waals surface area contributed by atoms with Gasteiger partial charge in [0.05, 0.1) is 18.2 Å². The molecule has 2 aliphatic carbocycles. The summed E-state index contributed by atoms with van der Waals surface area (Å²) in [6.45, 7) is 5.96. The van der Waals surface area contributed by atoms with E-state index in [0.29, 0.717) is 12.3 Å². The van der Waals surface area contributed by atoms with Crippen LogP contribution in [0.3, 0.4) is 0 Å². The molecule has 4 rings (SSSR count). The largest absolute Gasteiger partial charge is 0.393 e. The van der Waals surface area contributed by atoms with Gasteiger partial charge >= 0.3 is 0 Å². The third-order valence-electron chi connectivity index (χ3n) is 6.89. The van der Waals surface area contributed by atoms with E-state index < -0.39 is 5.72 Å². The molecule has 0 bridgehead atoms. The van der Waals surface area contributed by atoms with Gasteiger partial charge in [0.15, 0.2) is 0 Å². The molecule has 1 aliphatic heterocycles. The molecule has 4 atom stereocenters. The van der Waals surface area contributed by atoms with Crippen molar-refractivity contribution in [1.29, 1.82) is 0 Å². The number of fused-ring (bicyclic) bond motifs is 3. The van der Waals surface area contributed by atoms with E-state index in [2.05, 4.69) is 18.2 Å². The summed E-state index contributed by atoms with van der Waals surface area (Å²) in [4.78, 5) is 15.4.